The number of benzene rings is 1. The molecule has 138 valence electrons. The van der Waals surface area contributed by atoms with Gasteiger partial charge in [-0.3, -0.25) is 14.5 Å². The van der Waals surface area contributed by atoms with Crippen molar-refractivity contribution in [3.8, 4) is 0 Å². The van der Waals surface area contributed by atoms with Gasteiger partial charge in [0.05, 0.1) is 24.0 Å². The number of ether oxygens (including phenoxy) is 1. The summed E-state index contributed by atoms with van der Waals surface area (Å²) in [6.07, 6.45) is 2.44. The molecule has 10 heteroatoms. The molecule has 0 radical (unpaired) electrons. The molecule has 1 aliphatic heterocycles. The maximum absolute atomic E-state index is 12.8. The van der Waals surface area contributed by atoms with Crippen LogP contribution >= 0.6 is 11.8 Å². The average molecular weight is 385 g/mol. The fourth-order valence-electron chi connectivity index (χ4n) is 2.27. The van der Waals surface area contributed by atoms with Gasteiger partial charge < -0.3 is 15.0 Å². The number of hydrogen-bond donors (Lipinski definition) is 2. The molecule has 27 heavy (non-hydrogen) atoms. The topological polar surface area (TPSA) is 117 Å². The number of methoxy groups -OCH3 is 1. The van der Waals surface area contributed by atoms with E-state index < -0.39 is 17.8 Å². The molecule has 2 aromatic rings. The van der Waals surface area contributed by atoms with Gasteiger partial charge in [0.25, 0.3) is 11.8 Å². The smallest absolute Gasteiger partial charge is 0.331 e. The predicted octanol–water partition coefficient (Wildman–Crippen LogP) is 1.59. The van der Waals surface area contributed by atoms with Crippen molar-refractivity contribution in [2.75, 3.05) is 19.1 Å². The molecule has 1 aromatic heterocycles. The number of nitrogens with zero attached hydrogens (tertiary/aromatic N) is 3. The van der Waals surface area contributed by atoms with Crippen molar-refractivity contribution < 1.29 is 19.1 Å². The first-order valence-electron chi connectivity index (χ1n) is 7.76. The fraction of sp³-hybridized carbons (Fsp3) is 0.118. The minimum atomic E-state index is -0.647. The summed E-state index contributed by atoms with van der Waals surface area (Å²) in [5, 5.41) is 2.75. The number of hydrogen-bond acceptors (Lipinski definition) is 7. The lowest BCUT2D eigenvalue weighted by atomic mass is 10.3. The first kappa shape index (κ1) is 18.4. The number of thioether (sulfide) groups is 1. The van der Waals surface area contributed by atoms with E-state index >= 15 is 0 Å². The van der Waals surface area contributed by atoms with Crippen LogP contribution in [0.5, 0.6) is 0 Å². The molecule has 1 aliphatic rings. The van der Waals surface area contributed by atoms with E-state index in [9.17, 15) is 14.4 Å². The zero-order valence-electron chi connectivity index (χ0n) is 14.4. The van der Waals surface area contributed by atoms with Crippen LogP contribution in [0.4, 0.5) is 11.5 Å². The Balaban J connectivity index is 2.07. The number of para-hydroxylation sites is 1. The fourth-order valence-corrected chi connectivity index (χ4v) is 3.22. The molecular weight excluding hydrogens is 370 g/mol. The SMILES string of the molecule is CNC(=O)c1[nH]cnc1/N=C1\S/C(=C\C(=O)OC)C(=O)N1c1ccccc1. The summed E-state index contributed by atoms with van der Waals surface area (Å²) in [5.41, 5.74) is 0.732. The summed E-state index contributed by atoms with van der Waals surface area (Å²) in [4.78, 5) is 48.9. The number of aromatic nitrogens is 2. The predicted molar refractivity (Wildman–Crippen MR) is 101 cm³/mol. The van der Waals surface area contributed by atoms with E-state index in [4.69, 9.17) is 0 Å². The number of amidine groups is 1. The number of aliphatic imine (C=N–C) groups is 1. The molecule has 1 aromatic carbocycles. The first-order chi connectivity index (χ1) is 13.0. The van der Waals surface area contributed by atoms with Gasteiger partial charge >= 0.3 is 5.97 Å². The average Bonchev–Trinajstić information content (AvgIpc) is 3.26. The van der Waals surface area contributed by atoms with Gasteiger partial charge in [-0.15, -0.1) is 0 Å². The van der Waals surface area contributed by atoms with Crippen LogP contribution < -0.4 is 10.2 Å². The monoisotopic (exact) mass is 385 g/mol. The molecule has 0 aliphatic carbocycles. The minimum absolute atomic E-state index is 0.130. The van der Waals surface area contributed by atoms with Crippen LogP contribution in [0.1, 0.15) is 10.5 Å². The van der Waals surface area contributed by atoms with Crippen molar-refractivity contribution in [1.29, 1.82) is 0 Å². The first-order valence-corrected chi connectivity index (χ1v) is 8.58. The summed E-state index contributed by atoms with van der Waals surface area (Å²) in [6.45, 7) is 0. The van der Waals surface area contributed by atoms with Crippen molar-refractivity contribution in [1.82, 2.24) is 15.3 Å². The van der Waals surface area contributed by atoms with Gasteiger partial charge in [0.15, 0.2) is 16.7 Å². The molecule has 2 N–H and O–H groups in total. The molecule has 0 saturated carbocycles. The Morgan fingerprint density at radius 2 is 2.07 bits per heavy atom. The van der Waals surface area contributed by atoms with Crippen molar-refractivity contribution in [2.24, 2.45) is 4.99 Å². The van der Waals surface area contributed by atoms with Crippen LogP contribution in [-0.2, 0) is 14.3 Å². The highest BCUT2D eigenvalue weighted by Gasteiger charge is 2.35. The van der Waals surface area contributed by atoms with E-state index in [-0.39, 0.29) is 21.6 Å². The molecule has 0 spiro atoms. The van der Waals surface area contributed by atoms with Crippen LogP contribution in [0.25, 0.3) is 0 Å². The highest BCUT2D eigenvalue weighted by molar-refractivity contribution is 8.19. The lowest BCUT2D eigenvalue weighted by Crippen LogP contribution is -2.29. The third-order valence-electron chi connectivity index (χ3n) is 3.55. The second-order valence-electron chi connectivity index (χ2n) is 5.18. The van der Waals surface area contributed by atoms with Crippen LogP contribution in [0.15, 0.2) is 52.6 Å². The van der Waals surface area contributed by atoms with Gasteiger partial charge in [-0.1, -0.05) is 18.2 Å². The van der Waals surface area contributed by atoms with E-state index in [0.717, 1.165) is 17.8 Å². The Labute approximate surface area is 158 Å². The molecule has 3 rings (SSSR count). The zero-order valence-corrected chi connectivity index (χ0v) is 15.2. The molecular formula is C17H15N5O4S. The van der Waals surface area contributed by atoms with Crippen molar-refractivity contribution in [3.63, 3.8) is 0 Å². The normalized spacial score (nSPS) is 16.8. The minimum Gasteiger partial charge on any atom is -0.466 e. The third kappa shape index (κ3) is 3.75. The van der Waals surface area contributed by atoms with Crippen LogP contribution in [0.3, 0.4) is 0 Å². The highest BCUT2D eigenvalue weighted by atomic mass is 32.2. The second kappa shape index (κ2) is 7.87. The standard InChI is InChI=1S/C17H15N5O4S/c1-18-15(24)13-14(20-9-19-13)21-17-22(10-6-4-3-5-7-10)16(25)11(27-17)8-12(23)26-2/h3-9H,1-2H3,(H,18,24)(H,19,20)/b11-8-,21-17-. The Bertz CT molecular complexity index is 951. The number of carbonyl (C=O) groups is 3. The van der Waals surface area contributed by atoms with Crippen molar-refractivity contribution in [3.05, 3.63) is 53.3 Å². The molecule has 9 nitrogen and oxygen atoms in total. The second-order valence-corrected chi connectivity index (χ2v) is 6.19. The van der Waals surface area contributed by atoms with Gasteiger partial charge in [-0.05, 0) is 23.9 Å². The molecule has 2 amide bonds. The van der Waals surface area contributed by atoms with Gasteiger partial charge in [0.1, 0.15) is 0 Å². The number of imidazole rings is 1. The number of anilines is 1. The molecule has 1 fully saturated rings. The zero-order chi connectivity index (χ0) is 19.4. The quantitative estimate of drug-likeness (QED) is 0.610. The van der Waals surface area contributed by atoms with Crippen LogP contribution in [0, 0.1) is 0 Å². The largest absolute Gasteiger partial charge is 0.466 e. The summed E-state index contributed by atoms with van der Waals surface area (Å²) in [6, 6.07) is 8.84. The maximum Gasteiger partial charge on any atom is 0.331 e. The number of rotatable bonds is 4. The lowest BCUT2D eigenvalue weighted by Gasteiger charge is -2.15. The Hall–Kier alpha value is -3.40. The van der Waals surface area contributed by atoms with Crippen LogP contribution in [0.2, 0.25) is 0 Å². The van der Waals surface area contributed by atoms with E-state index in [2.05, 4.69) is 25.0 Å². The molecule has 0 atom stereocenters. The Morgan fingerprint density at radius 1 is 1.33 bits per heavy atom. The van der Waals surface area contributed by atoms with Gasteiger partial charge in [-0.25, -0.2) is 14.8 Å². The summed E-state index contributed by atoms with van der Waals surface area (Å²) in [5.74, 6) is -1.33. The van der Waals surface area contributed by atoms with E-state index in [1.807, 2.05) is 6.07 Å². The summed E-state index contributed by atoms with van der Waals surface area (Å²) < 4.78 is 4.60. The number of amides is 2. The van der Waals surface area contributed by atoms with Gasteiger partial charge in [0.2, 0.25) is 0 Å². The molecule has 2 heterocycles. The summed E-state index contributed by atoms with van der Waals surface area (Å²) in [7, 11) is 2.72. The highest BCUT2D eigenvalue weighted by Crippen LogP contribution is 2.36. The molecule has 1 saturated heterocycles. The van der Waals surface area contributed by atoms with E-state index in [1.165, 1.54) is 25.4 Å². The number of aromatic amines is 1. The number of carbonyl (C=O) groups excluding carboxylic acids is 3. The lowest BCUT2D eigenvalue weighted by molar-refractivity contribution is -0.135. The van der Waals surface area contributed by atoms with Gasteiger partial charge in [0, 0.05) is 13.1 Å². The summed E-state index contributed by atoms with van der Waals surface area (Å²) >= 11 is 0.993. The molecule has 0 bridgehead atoms. The van der Waals surface area contributed by atoms with Gasteiger partial charge in [-0.2, -0.15) is 0 Å². The van der Waals surface area contributed by atoms with Crippen molar-refractivity contribution in [2.45, 2.75) is 0 Å². The third-order valence-corrected chi connectivity index (χ3v) is 4.51. The molecule has 0 unspecified atom stereocenters. The Kier molecular flexibility index (Phi) is 5.36. The maximum atomic E-state index is 12.8. The number of nitrogens with one attached hydrogen (secondary N) is 2. The van der Waals surface area contributed by atoms with Crippen molar-refractivity contribution >= 4 is 46.2 Å². The Morgan fingerprint density at radius 3 is 2.74 bits per heavy atom. The van der Waals surface area contributed by atoms with E-state index in [1.54, 1.807) is 24.3 Å². The van der Waals surface area contributed by atoms with Crippen LogP contribution in [-0.4, -0.2) is 47.1 Å². The number of H-pyrrole nitrogens is 1. The van der Waals surface area contributed by atoms with E-state index in [0.29, 0.717) is 5.69 Å². The number of esters is 1.